The Kier molecular flexibility index (Phi) is 5.50. The number of fused-ring (bicyclic) bond motifs is 2. The number of benzene rings is 3. The summed E-state index contributed by atoms with van der Waals surface area (Å²) in [6, 6.07) is 24.6. The fraction of sp³-hybridized carbons (Fsp3) is 0.148. The summed E-state index contributed by atoms with van der Waals surface area (Å²) in [5.74, 6) is 0.161. The number of hydrazone groups is 1. The fourth-order valence-electron chi connectivity index (χ4n) is 4.47. The maximum atomic E-state index is 13.5. The maximum absolute atomic E-state index is 13.5. The van der Waals surface area contributed by atoms with Gasteiger partial charge >= 0.3 is 0 Å². The summed E-state index contributed by atoms with van der Waals surface area (Å²) in [6.45, 7) is 0. The summed E-state index contributed by atoms with van der Waals surface area (Å²) in [5, 5.41) is 14.7. The lowest BCUT2D eigenvalue weighted by molar-refractivity contribution is -0.130. The van der Waals surface area contributed by atoms with Crippen LogP contribution in [0.1, 0.15) is 23.6 Å². The number of hydrogen-bond acceptors (Lipinski definition) is 6. The van der Waals surface area contributed by atoms with E-state index in [1.165, 1.54) is 23.5 Å². The lowest BCUT2D eigenvalue weighted by atomic mass is 9.97. The highest BCUT2D eigenvalue weighted by Crippen LogP contribution is 2.34. The van der Waals surface area contributed by atoms with Gasteiger partial charge in [-0.2, -0.15) is 10.2 Å². The topological polar surface area (TPSA) is 76.3 Å². The molecule has 7 nitrogen and oxygen atoms in total. The molecule has 172 valence electrons. The van der Waals surface area contributed by atoms with Crippen LogP contribution in [0, 0.1) is 0 Å². The Hall–Kier alpha value is -4.04. The summed E-state index contributed by atoms with van der Waals surface area (Å²) < 4.78 is 1.70. The van der Waals surface area contributed by atoms with Crippen molar-refractivity contribution >= 4 is 45.2 Å². The first-order valence-electron chi connectivity index (χ1n) is 11.4. The molecule has 1 aliphatic heterocycles. The molecule has 1 unspecified atom stereocenters. The second-order valence-electron chi connectivity index (χ2n) is 8.45. The molecule has 6 rings (SSSR count). The Morgan fingerprint density at radius 3 is 2.66 bits per heavy atom. The third kappa shape index (κ3) is 4.06. The van der Waals surface area contributed by atoms with Crippen molar-refractivity contribution in [2.75, 3.05) is 5.75 Å². The Bertz CT molecular complexity index is 1580. The van der Waals surface area contributed by atoms with E-state index in [1.807, 2.05) is 37.4 Å². The summed E-state index contributed by atoms with van der Waals surface area (Å²) in [6.07, 6.45) is 3.91. The van der Waals surface area contributed by atoms with Gasteiger partial charge in [0, 0.05) is 13.5 Å². The van der Waals surface area contributed by atoms with E-state index >= 15 is 0 Å². The van der Waals surface area contributed by atoms with Crippen molar-refractivity contribution in [2.24, 2.45) is 12.1 Å². The minimum absolute atomic E-state index is 0.0599. The Labute approximate surface area is 206 Å². The molecule has 1 amide bonds. The Morgan fingerprint density at radius 1 is 1.00 bits per heavy atom. The molecule has 2 aromatic heterocycles. The predicted molar refractivity (Wildman–Crippen MR) is 138 cm³/mol. The molecule has 35 heavy (non-hydrogen) atoms. The highest BCUT2D eigenvalue weighted by Gasteiger charge is 2.33. The monoisotopic (exact) mass is 478 g/mol. The third-order valence-corrected chi connectivity index (χ3v) is 7.25. The van der Waals surface area contributed by atoms with E-state index in [0.29, 0.717) is 6.42 Å². The van der Waals surface area contributed by atoms with Gasteiger partial charge in [0.15, 0.2) is 5.65 Å². The van der Waals surface area contributed by atoms with Gasteiger partial charge in [0.2, 0.25) is 0 Å². The Morgan fingerprint density at radius 2 is 1.80 bits per heavy atom. The summed E-state index contributed by atoms with van der Waals surface area (Å²) in [5.41, 5.74) is 3.78. The average Bonchev–Trinajstić information content (AvgIpc) is 3.52. The fourth-order valence-corrected chi connectivity index (χ4v) is 5.28. The van der Waals surface area contributed by atoms with Gasteiger partial charge in [-0.3, -0.25) is 9.48 Å². The van der Waals surface area contributed by atoms with Crippen molar-refractivity contribution < 1.29 is 4.79 Å². The smallest absolute Gasteiger partial charge is 0.253 e. The zero-order valence-electron chi connectivity index (χ0n) is 19.1. The quantitative estimate of drug-likeness (QED) is 0.263. The normalized spacial score (nSPS) is 15.6. The van der Waals surface area contributed by atoms with Gasteiger partial charge in [-0.15, -0.1) is 0 Å². The van der Waals surface area contributed by atoms with E-state index in [2.05, 4.69) is 57.5 Å². The van der Waals surface area contributed by atoms with Crippen molar-refractivity contribution in [3.05, 3.63) is 96.4 Å². The van der Waals surface area contributed by atoms with Crippen molar-refractivity contribution in [2.45, 2.75) is 17.5 Å². The highest BCUT2D eigenvalue weighted by atomic mass is 32.2. The number of aromatic nitrogens is 4. The number of amides is 1. The van der Waals surface area contributed by atoms with Gasteiger partial charge in [0.25, 0.3) is 5.91 Å². The van der Waals surface area contributed by atoms with Gasteiger partial charge in [-0.25, -0.2) is 15.0 Å². The molecular weight excluding hydrogens is 456 g/mol. The van der Waals surface area contributed by atoms with E-state index in [-0.39, 0.29) is 17.7 Å². The van der Waals surface area contributed by atoms with Gasteiger partial charge < -0.3 is 0 Å². The Balaban J connectivity index is 1.30. The number of aryl methyl sites for hydroxylation is 1. The molecule has 0 N–H and O–H groups in total. The van der Waals surface area contributed by atoms with Crippen molar-refractivity contribution in [3.8, 4) is 0 Å². The minimum Gasteiger partial charge on any atom is -0.272 e. The SMILES string of the molecule is Cn1ncc2c(SCC(=O)N3N=C(c4ccc5ccccc5c4)CC3c3ccccc3)ncnc21. The molecule has 1 atom stereocenters. The molecule has 0 spiro atoms. The van der Waals surface area contributed by atoms with Crippen LogP contribution in [0.4, 0.5) is 0 Å². The molecule has 3 heterocycles. The van der Waals surface area contributed by atoms with Crippen LogP contribution in [0.25, 0.3) is 21.8 Å². The molecule has 8 heteroatoms. The van der Waals surface area contributed by atoms with Crippen LogP contribution in [-0.2, 0) is 11.8 Å². The number of thioether (sulfide) groups is 1. The first kappa shape index (κ1) is 21.5. The zero-order valence-corrected chi connectivity index (χ0v) is 19.9. The van der Waals surface area contributed by atoms with Crippen LogP contribution in [0.2, 0.25) is 0 Å². The van der Waals surface area contributed by atoms with Crippen LogP contribution in [0.3, 0.4) is 0 Å². The predicted octanol–water partition coefficient (Wildman–Crippen LogP) is 4.99. The van der Waals surface area contributed by atoms with E-state index in [9.17, 15) is 4.79 Å². The van der Waals surface area contributed by atoms with E-state index in [0.717, 1.165) is 38.3 Å². The van der Waals surface area contributed by atoms with Crippen LogP contribution >= 0.6 is 11.8 Å². The summed E-state index contributed by atoms with van der Waals surface area (Å²) >= 11 is 1.39. The molecule has 5 aromatic rings. The second kappa shape index (κ2) is 8.96. The molecular formula is C27H22N6OS. The van der Waals surface area contributed by atoms with E-state index < -0.39 is 0 Å². The van der Waals surface area contributed by atoms with Gasteiger partial charge in [-0.1, -0.05) is 78.5 Å². The number of carbonyl (C=O) groups is 1. The molecule has 0 bridgehead atoms. The van der Waals surface area contributed by atoms with E-state index in [1.54, 1.807) is 15.9 Å². The summed E-state index contributed by atoms with van der Waals surface area (Å²) in [7, 11) is 1.84. The van der Waals surface area contributed by atoms with Gasteiger partial charge in [0.05, 0.1) is 29.1 Å². The van der Waals surface area contributed by atoms with Crippen molar-refractivity contribution in [1.82, 2.24) is 24.8 Å². The lowest BCUT2D eigenvalue weighted by Gasteiger charge is -2.21. The molecule has 1 aliphatic rings. The average molecular weight is 479 g/mol. The van der Waals surface area contributed by atoms with Gasteiger partial charge in [-0.05, 0) is 28.0 Å². The number of hydrogen-bond donors (Lipinski definition) is 0. The maximum Gasteiger partial charge on any atom is 0.253 e. The summed E-state index contributed by atoms with van der Waals surface area (Å²) in [4.78, 5) is 22.1. The molecule has 0 aliphatic carbocycles. The van der Waals surface area contributed by atoms with Crippen molar-refractivity contribution in [3.63, 3.8) is 0 Å². The van der Waals surface area contributed by atoms with Crippen LogP contribution < -0.4 is 0 Å². The third-order valence-electron chi connectivity index (χ3n) is 6.26. The number of nitrogens with zero attached hydrogens (tertiary/aromatic N) is 6. The number of rotatable bonds is 5. The first-order chi connectivity index (χ1) is 17.2. The first-order valence-corrected chi connectivity index (χ1v) is 12.3. The standard InChI is InChI=1S/C27H22N6OS/c1-32-26-22(15-30-32)27(29-17-28-26)35-16-25(34)33-24(19-8-3-2-4-9-19)14-23(31-33)21-12-11-18-7-5-6-10-20(18)13-21/h2-13,15,17,24H,14,16H2,1H3. The van der Waals surface area contributed by atoms with E-state index in [4.69, 9.17) is 5.10 Å². The van der Waals surface area contributed by atoms with Crippen molar-refractivity contribution in [1.29, 1.82) is 0 Å². The highest BCUT2D eigenvalue weighted by molar-refractivity contribution is 8.00. The van der Waals surface area contributed by atoms with Crippen LogP contribution in [-0.4, -0.2) is 42.1 Å². The lowest BCUT2D eigenvalue weighted by Crippen LogP contribution is -2.28. The van der Waals surface area contributed by atoms with Crippen LogP contribution in [0.5, 0.6) is 0 Å². The second-order valence-corrected chi connectivity index (χ2v) is 9.41. The molecule has 0 saturated heterocycles. The molecule has 0 saturated carbocycles. The number of carbonyl (C=O) groups excluding carboxylic acids is 1. The minimum atomic E-state index is -0.144. The van der Waals surface area contributed by atoms with Gasteiger partial charge in [0.1, 0.15) is 11.4 Å². The molecule has 0 fully saturated rings. The molecule has 3 aromatic carbocycles. The zero-order chi connectivity index (χ0) is 23.8. The van der Waals surface area contributed by atoms with Crippen LogP contribution in [0.15, 0.2) is 95.4 Å². The largest absolute Gasteiger partial charge is 0.272 e. The molecule has 0 radical (unpaired) electrons.